The highest BCUT2D eigenvalue weighted by Gasteiger charge is 2.53. The second-order valence-corrected chi connectivity index (χ2v) is 4.80. The number of ether oxygens (including phenoxy) is 1. The number of hydrogen-bond acceptors (Lipinski definition) is 2. The predicted octanol–water partition coefficient (Wildman–Crippen LogP) is 2.37. The van der Waals surface area contributed by atoms with E-state index in [9.17, 15) is 4.79 Å². The lowest BCUT2D eigenvalue weighted by atomic mass is 9.70. The molecular formula is C10H18O2. The zero-order valence-corrected chi connectivity index (χ0v) is 8.60. The highest BCUT2D eigenvalue weighted by molar-refractivity contribution is 5.73. The van der Waals surface area contributed by atoms with Crippen LogP contribution >= 0.6 is 0 Å². The summed E-state index contributed by atoms with van der Waals surface area (Å²) < 4.78 is 5.39. The maximum atomic E-state index is 11.2. The number of rotatable bonds is 1. The van der Waals surface area contributed by atoms with Gasteiger partial charge in [-0.3, -0.25) is 4.79 Å². The average Bonchev–Trinajstić information content (AvgIpc) is 2.02. The summed E-state index contributed by atoms with van der Waals surface area (Å²) in [5, 5.41) is 0. The molecule has 0 aromatic carbocycles. The van der Waals surface area contributed by atoms with Gasteiger partial charge in [-0.1, -0.05) is 27.7 Å². The number of cyclic esters (lactones) is 1. The monoisotopic (exact) mass is 170 g/mol. The third kappa shape index (κ3) is 1.13. The van der Waals surface area contributed by atoms with Gasteiger partial charge in [-0.05, 0) is 12.8 Å². The lowest BCUT2D eigenvalue weighted by Gasteiger charge is -2.38. The van der Waals surface area contributed by atoms with Gasteiger partial charge in [0.1, 0.15) is 5.60 Å². The summed E-state index contributed by atoms with van der Waals surface area (Å²) in [6.07, 6.45) is 0.543. The molecule has 1 heterocycles. The molecule has 0 aromatic rings. The first-order chi connectivity index (χ1) is 5.29. The van der Waals surface area contributed by atoms with Crippen molar-refractivity contribution in [1.82, 2.24) is 0 Å². The van der Waals surface area contributed by atoms with Crippen LogP contribution in [0.5, 0.6) is 0 Å². The second-order valence-electron chi connectivity index (χ2n) is 4.80. The van der Waals surface area contributed by atoms with Crippen LogP contribution in [-0.2, 0) is 9.53 Å². The Morgan fingerprint density at radius 1 is 1.33 bits per heavy atom. The van der Waals surface area contributed by atoms with Crippen LogP contribution in [0.1, 0.15) is 41.0 Å². The molecule has 0 saturated carbocycles. The Morgan fingerprint density at radius 2 is 1.83 bits per heavy atom. The minimum Gasteiger partial charge on any atom is -0.458 e. The van der Waals surface area contributed by atoms with E-state index >= 15 is 0 Å². The summed E-state index contributed by atoms with van der Waals surface area (Å²) in [5.74, 6) is 0.315. The topological polar surface area (TPSA) is 26.3 Å². The third-order valence-corrected chi connectivity index (χ3v) is 3.36. The van der Waals surface area contributed by atoms with Gasteiger partial charge in [0.2, 0.25) is 0 Å². The summed E-state index contributed by atoms with van der Waals surface area (Å²) in [7, 11) is 0. The van der Waals surface area contributed by atoms with Gasteiger partial charge in [0, 0.05) is 5.41 Å². The molecule has 2 nitrogen and oxygen atoms in total. The van der Waals surface area contributed by atoms with Crippen LogP contribution in [0, 0.1) is 11.3 Å². The fourth-order valence-electron chi connectivity index (χ4n) is 1.85. The lowest BCUT2D eigenvalue weighted by Crippen LogP contribution is -2.43. The van der Waals surface area contributed by atoms with Crippen molar-refractivity contribution in [3.63, 3.8) is 0 Å². The smallest absolute Gasteiger partial charge is 0.307 e. The van der Waals surface area contributed by atoms with E-state index in [1.54, 1.807) is 0 Å². The third-order valence-electron chi connectivity index (χ3n) is 3.36. The van der Waals surface area contributed by atoms with E-state index in [1.807, 2.05) is 6.92 Å². The van der Waals surface area contributed by atoms with Crippen LogP contribution < -0.4 is 0 Å². The Morgan fingerprint density at radius 3 is 2.00 bits per heavy atom. The molecule has 2 heteroatoms. The van der Waals surface area contributed by atoms with Crippen molar-refractivity contribution < 1.29 is 9.53 Å². The van der Waals surface area contributed by atoms with E-state index in [0.717, 1.165) is 0 Å². The molecule has 1 aliphatic heterocycles. The zero-order valence-electron chi connectivity index (χ0n) is 8.60. The van der Waals surface area contributed by atoms with Crippen LogP contribution in [0.4, 0.5) is 0 Å². The van der Waals surface area contributed by atoms with Crippen molar-refractivity contribution in [1.29, 1.82) is 0 Å². The van der Waals surface area contributed by atoms with Gasteiger partial charge in [-0.2, -0.15) is 0 Å². The van der Waals surface area contributed by atoms with E-state index in [1.165, 1.54) is 0 Å². The molecule has 1 saturated heterocycles. The molecule has 0 bridgehead atoms. The molecule has 0 amide bonds. The van der Waals surface area contributed by atoms with Crippen molar-refractivity contribution in [2.45, 2.75) is 46.6 Å². The SMILES string of the molecule is CC(C)C1(C)OC(=O)CC1(C)C. The minimum atomic E-state index is -0.288. The average molecular weight is 170 g/mol. The fraction of sp³-hybridized carbons (Fsp3) is 0.900. The first-order valence-electron chi connectivity index (χ1n) is 4.51. The summed E-state index contributed by atoms with van der Waals surface area (Å²) in [6, 6.07) is 0. The van der Waals surface area contributed by atoms with Crippen molar-refractivity contribution in [2.24, 2.45) is 11.3 Å². The molecule has 0 aromatic heterocycles. The second kappa shape index (κ2) is 2.48. The lowest BCUT2D eigenvalue weighted by molar-refractivity contribution is -0.154. The highest BCUT2D eigenvalue weighted by Crippen LogP contribution is 2.47. The molecule has 0 aliphatic carbocycles. The maximum absolute atomic E-state index is 11.2. The fourth-order valence-corrected chi connectivity index (χ4v) is 1.85. The van der Waals surface area contributed by atoms with Crippen molar-refractivity contribution in [3.8, 4) is 0 Å². The highest BCUT2D eigenvalue weighted by atomic mass is 16.6. The first-order valence-corrected chi connectivity index (χ1v) is 4.51. The van der Waals surface area contributed by atoms with Gasteiger partial charge < -0.3 is 4.74 Å². The van der Waals surface area contributed by atoms with E-state index in [-0.39, 0.29) is 17.0 Å². The zero-order chi connectivity index (χ0) is 9.57. The Labute approximate surface area is 74.3 Å². The number of carbonyl (C=O) groups excluding carboxylic acids is 1. The van der Waals surface area contributed by atoms with E-state index < -0.39 is 0 Å². The molecule has 0 N–H and O–H groups in total. The van der Waals surface area contributed by atoms with Crippen LogP contribution in [0.25, 0.3) is 0 Å². The Balaban J connectivity index is 2.97. The Hall–Kier alpha value is -0.530. The summed E-state index contributed by atoms with van der Waals surface area (Å²) >= 11 is 0. The standard InChI is InChI=1S/C10H18O2/c1-7(2)10(5)9(3,4)6-8(11)12-10/h7H,6H2,1-5H3. The van der Waals surface area contributed by atoms with Crippen LogP contribution in [0.2, 0.25) is 0 Å². The molecule has 1 rings (SSSR count). The van der Waals surface area contributed by atoms with E-state index in [2.05, 4.69) is 27.7 Å². The predicted molar refractivity (Wildman–Crippen MR) is 47.7 cm³/mol. The van der Waals surface area contributed by atoms with Crippen molar-refractivity contribution in [3.05, 3.63) is 0 Å². The minimum absolute atomic E-state index is 0.0295. The molecule has 1 unspecified atom stereocenters. The van der Waals surface area contributed by atoms with Crippen LogP contribution in [0.15, 0.2) is 0 Å². The largest absolute Gasteiger partial charge is 0.458 e. The first kappa shape index (κ1) is 9.56. The van der Waals surface area contributed by atoms with Crippen molar-refractivity contribution >= 4 is 5.97 Å². The van der Waals surface area contributed by atoms with E-state index in [0.29, 0.717) is 12.3 Å². The molecular weight excluding hydrogens is 152 g/mol. The van der Waals surface area contributed by atoms with Gasteiger partial charge in [-0.25, -0.2) is 0 Å². The Bertz CT molecular complexity index is 206. The number of carbonyl (C=O) groups is 1. The number of hydrogen-bond donors (Lipinski definition) is 0. The van der Waals surface area contributed by atoms with Gasteiger partial charge >= 0.3 is 5.97 Å². The molecule has 1 fully saturated rings. The van der Waals surface area contributed by atoms with Crippen molar-refractivity contribution in [2.75, 3.05) is 0 Å². The summed E-state index contributed by atoms with van der Waals surface area (Å²) in [6.45, 7) is 10.4. The van der Waals surface area contributed by atoms with Crippen LogP contribution in [-0.4, -0.2) is 11.6 Å². The van der Waals surface area contributed by atoms with E-state index in [4.69, 9.17) is 4.74 Å². The molecule has 1 atom stereocenters. The summed E-state index contributed by atoms with van der Waals surface area (Å²) in [4.78, 5) is 11.2. The van der Waals surface area contributed by atoms with Gasteiger partial charge in [-0.15, -0.1) is 0 Å². The quantitative estimate of drug-likeness (QED) is 0.565. The van der Waals surface area contributed by atoms with Gasteiger partial charge in [0.15, 0.2) is 0 Å². The molecule has 70 valence electrons. The normalized spacial score (nSPS) is 34.0. The summed E-state index contributed by atoms with van der Waals surface area (Å²) in [5.41, 5.74) is -0.317. The van der Waals surface area contributed by atoms with Gasteiger partial charge in [0.25, 0.3) is 0 Å². The Kier molecular flexibility index (Phi) is 1.97. The molecule has 12 heavy (non-hydrogen) atoms. The van der Waals surface area contributed by atoms with Crippen LogP contribution in [0.3, 0.4) is 0 Å². The van der Waals surface area contributed by atoms with Gasteiger partial charge in [0.05, 0.1) is 6.42 Å². The maximum Gasteiger partial charge on any atom is 0.307 e. The number of esters is 1. The molecule has 1 aliphatic rings. The molecule has 0 radical (unpaired) electrons. The molecule has 0 spiro atoms.